The van der Waals surface area contributed by atoms with Crippen molar-refractivity contribution in [3.8, 4) is 0 Å². The summed E-state index contributed by atoms with van der Waals surface area (Å²) in [4.78, 5) is 26.8. The predicted molar refractivity (Wildman–Crippen MR) is 105 cm³/mol. The molecule has 6 nitrogen and oxygen atoms in total. The molecule has 0 aliphatic heterocycles. The summed E-state index contributed by atoms with van der Waals surface area (Å²) >= 11 is 0. The zero-order valence-electron chi connectivity index (χ0n) is 16.2. The number of hydrogen-bond donors (Lipinski definition) is 2. The summed E-state index contributed by atoms with van der Waals surface area (Å²) in [5.41, 5.74) is -0.910. The quantitative estimate of drug-likeness (QED) is 0.671. The molecule has 0 fully saturated rings. The lowest BCUT2D eigenvalue weighted by atomic mass is 9.97. The first-order valence-corrected chi connectivity index (χ1v) is 9.20. The summed E-state index contributed by atoms with van der Waals surface area (Å²) in [5, 5.41) is 8.04. The Balaban J connectivity index is 2.10. The Morgan fingerprint density at radius 1 is 1.24 bits per heavy atom. The molecule has 0 aliphatic rings. The number of aryl methyl sites for hydroxylation is 1. The number of aromatic nitrogens is 3. The molecule has 0 saturated heterocycles. The van der Waals surface area contributed by atoms with Gasteiger partial charge in [0.05, 0.1) is 17.0 Å². The predicted octanol–water partition coefficient (Wildman–Crippen LogP) is 4.00. The number of H-pyrrole nitrogens is 1. The molecular formula is C20H21F3N4O2. The van der Waals surface area contributed by atoms with Gasteiger partial charge in [-0.1, -0.05) is 19.1 Å². The largest absolute Gasteiger partial charge is 0.416 e. The Morgan fingerprint density at radius 3 is 2.62 bits per heavy atom. The molecule has 1 aromatic carbocycles. The molecule has 3 aromatic rings. The lowest BCUT2D eigenvalue weighted by molar-refractivity contribution is -0.138. The molecule has 1 atom stereocenters. The highest BCUT2D eigenvalue weighted by atomic mass is 19.4. The van der Waals surface area contributed by atoms with E-state index in [1.165, 1.54) is 29.9 Å². The van der Waals surface area contributed by atoms with Crippen molar-refractivity contribution in [2.45, 2.75) is 46.0 Å². The average molecular weight is 406 g/mol. The normalized spacial score (nSPS) is 12.9. The fourth-order valence-electron chi connectivity index (χ4n) is 3.39. The van der Waals surface area contributed by atoms with Crippen LogP contribution in [0.5, 0.6) is 0 Å². The average Bonchev–Trinajstić information content (AvgIpc) is 2.64. The van der Waals surface area contributed by atoms with Crippen molar-refractivity contribution in [2.24, 2.45) is 0 Å². The van der Waals surface area contributed by atoms with Gasteiger partial charge in [0, 0.05) is 24.2 Å². The summed E-state index contributed by atoms with van der Waals surface area (Å²) in [5.74, 6) is 0.314. The monoisotopic (exact) mass is 406 g/mol. The van der Waals surface area contributed by atoms with Crippen LogP contribution in [0.1, 0.15) is 43.0 Å². The third-order valence-corrected chi connectivity index (χ3v) is 4.80. The molecule has 0 radical (unpaired) electrons. The number of nitrogens with zero attached hydrogens (tertiary/aromatic N) is 2. The molecule has 1 unspecified atom stereocenters. The van der Waals surface area contributed by atoms with Gasteiger partial charge in [-0.2, -0.15) is 18.3 Å². The minimum Gasteiger partial charge on any atom is -0.362 e. The van der Waals surface area contributed by atoms with Gasteiger partial charge in [-0.25, -0.2) is 4.68 Å². The van der Waals surface area contributed by atoms with E-state index < -0.39 is 23.3 Å². The SMILES string of the molecule is CCCn1nc(NC(C)c2cccc(C(F)(F)F)c2C)c2c[nH]c(=O)cc2c1=O. The van der Waals surface area contributed by atoms with E-state index in [1.54, 1.807) is 13.0 Å². The van der Waals surface area contributed by atoms with Crippen molar-refractivity contribution in [3.05, 3.63) is 67.9 Å². The number of pyridine rings is 1. The number of halogens is 3. The molecule has 0 spiro atoms. The van der Waals surface area contributed by atoms with Gasteiger partial charge in [-0.3, -0.25) is 9.59 Å². The molecule has 2 N–H and O–H groups in total. The maximum absolute atomic E-state index is 13.2. The summed E-state index contributed by atoms with van der Waals surface area (Å²) in [6.07, 6.45) is -2.40. The van der Waals surface area contributed by atoms with Crippen LogP contribution >= 0.6 is 0 Å². The topological polar surface area (TPSA) is 79.8 Å². The van der Waals surface area contributed by atoms with Crippen LogP contribution in [0.15, 0.2) is 40.1 Å². The van der Waals surface area contributed by atoms with Crippen LogP contribution in [0.2, 0.25) is 0 Å². The third kappa shape index (κ3) is 4.03. The minimum absolute atomic E-state index is 0.125. The van der Waals surface area contributed by atoms with Crippen LogP contribution in [0.3, 0.4) is 0 Å². The molecule has 2 heterocycles. The van der Waals surface area contributed by atoms with E-state index in [9.17, 15) is 22.8 Å². The number of benzene rings is 1. The zero-order valence-corrected chi connectivity index (χ0v) is 16.2. The van der Waals surface area contributed by atoms with Crippen molar-refractivity contribution in [2.75, 3.05) is 5.32 Å². The summed E-state index contributed by atoms with van der Waals surface area (Å²) in [6, 6.07) is 4.72. The fraction of sp³-hybridized carbons (Fsp3) is 0.350. The van der Waals surface area contributed by atoms with E-state index in [0.717, 1.165) is 6.07 Å². The van der Waals surface area contributed by atoms with E-state index in [-0.39, 0.29) is 16.5 Å². The molecular weight excluding hydrogens is 385 g/mol. The Kier molecular flexibility index (Phi) is 5.50. The maximum atomic E-state index is 13.2. The molecule has 154 valence electrons. The van der Waals surface area contributed by atoms with Gasteiger partial charge in [0.15, 0.2) is 5.82 Å². The van der Waals surface area contributed by atoms with Crippen molar-refractivity contribution in [1.29, 1.82) is 0 Å². The van der Waals surface area contributed by atoms with Gasteiger partial charge in [-0.05, 0) is 37.5 Å². The number of hydrogen-bond acceptors (Lipinski definition) is 4. The number of fused-ring (bicyclic) bond motifs is 1. The summed E-state index contributed by atoms with van der Waals surface area (Å²) < 4.78 is 41.0. The highest BCUT2D eigenvalue weighted by Crippen LogP contribution is 2.35. The van der Waals surface area contributed by atoms with Crippen LogP contribution < -0.4 is 16.4 Å². The Morgan fingerprint density at radius 2 is 1.97 bits per heavy atom. The van der Waals surface area contributed by atoms with Gasteiger partial charge >= 0.3 is 6.18 Å². The van der Waals surface area contributed by atoms with Gasteiger partial charge < -0.3 is 10.3 Å². The van der Waals surface area contributed by atoms with Crippen LogP contribution in [-0.4, -0.2) is 14.8 Å². The smallest absolute Gasteiger partial charge is 0.362 e. The first-order chi connectivity index (χ1) is 13.6. The lowest BCUT2D eigenvalue weighted by Crippen LogP contribution is -2.26. The van der Waals surface area contributed by atoms with Crippen LogP contribution in [0.4, 0.5) is 19.0 Å². The summed E-state index contributed by atoms with van der Waals surface area (Å²) in [7, 11) is 0. The zero-order chi connectivity index (χ0) is 21.3. The molecule has 2 aromatic heterocycles. The van der Waals surface area contributed by atoms with Crippen LogP contribution in [0.25, 0.3) is 10.8 Å². The van der Waals surface area contributed by atoms with Gasteiger partial charge in [0.25, 0.3) is 5.56 Å². The van der Waals surface area contributed by atoms with E-state index in [0.29, 0.717) is 29.7 Å². The molecule has 0 aliphatic carbocycles. The van der Waals surface area contributed by atoms with Crippen molar-refractivity contribution < 1.29 is 13.2 Å². The van der Waals surface area contributed by atoms with Gasteiger partial charge in [0.1, 0.15) is 0 Å². The third-order valence-electron chi connectivity index (χ3n) is 4.80. The Labute approximate surface area is 164 Å². The minimum atomic E-state index is -4.45. The number of alkyl halides is 3. The van der Waals surface area contributed by atoms with Crippen molar-refractivity contribution in [1.82, 2.24) is 14.8 Å². The first-order valence-electron chi connectivity index (χ1n) is 9.20. The van der Waals surface area contributed by atoms with E-state index >= 15 is 0 Å². The summed E-state index contributed by atoms with van der Waals surface area (Å²) in [6.45, 7) is 5.39. The van der Waals surface area contributed by atoms with Crippen LogP contribution in [-0.2, 0) is 12.7 Å². The molecule has 3 rings (SSSR count). The molecule has 29 heavy (non-hydrogen) atoms. The molecule has 0 amide bonds. The van der Waals surface area contributed by atoms with Crippen LogP contribution in [0, 0.1) is 6.92 Å². The fourth-order valence-corrected chi connectivity index (χ4v) is 3.39. The van der Waals surface area contributed by atoms with E-state index in [1.807, 2.05) is 6.92 Å². The number of rotatable bonds is 5. The van der Waals surface area contributed by atoms with Crippen molar-refractivity contribution >= 4 is 16.6 Å². The molecule has 0 bridgehead atoms. The standard InChI is InChI=1S/C20H21F3N4O2/c1-4-8-27-19(29)14-9-17(28)24-10-15(14)18(26-27)25-12(3)13-6-5-7-16(11(13)2)20(21,22)23/h5-7,9-10,12H,4,8H2,1-3H3,(H,24,28)(H,25,26). The lowest BCUT2D eigenvalue weighted by Gasteiger charge is -2.21. The van der Waals surface area contributed by atoms with E-state index in [4.69, 9.17) is 0 Å². The first kappa shape index (κ1) is 20.6. The molecule has 0 saturated carbocycles. The number of aromatic amines is 1. The molecule has 9 heteroatoms. The maximum Gasteiger partial charge on any atom is 0.416 e. The highest BCUT2D eigenvalue weighted by molar-refractivity contribution is 5.90. The Bertz CT molecular complexity index is 1170. The Hall–Kier alpha value is -3.10. The second-order valence-corrected chi connectivity index (χ2v) is 6.89. The second-order valence-electron chi connectivity index (χ2n) is 6.89. The highest BCUT2D eigenvalue weighted by Gasteiger charge is 2.33. The number of anilines is 1. The van der Waals surface area contributed by atoms with Crippen molar-refractivity contribution in [3.63, 3.8) is 0 Å². The van der Waals surface area contributed by atoms with E-state index in [2.05, 4.69) is 15.4 Å². The number of nitrogens with one attached hydrogen (secondary N) is 2. The van der Waals surface area contributed by atoms with Gasteiger partial charge in [-0.15, -0.1) is 0 Å². The second kappa shape index (κ2) is 7.73. The van der Waals surface area contributed by atoms with Gasteiger partial charge in [0.2, 0.25) is 5.56 Å².